The van der Waals surface area contributed by atoms with Gasteiger partial charge in [-0.1, -0.05) is 12.1 Å². The largest absolute Gasteiger partial charge is 0.435 e. The van der Waals surface area contributed by atoms with Gasteiger partial charge in [-0.2, -0.15) is 18.3 Å². The van der Waals surface area contributed by atoms with Gasteiger partial charge in [0.05, 0.1) is 11.3 Å². The number of nitrogens with zero attached hydrogens (tertiary/aromatic N) is 2. The zero-order valence-electron chi connectivity index (χ0n) is 10.9. The van der Waals surface area contributed by atoms with Crippen LogP contribution in [0.1, 0.15) is 40.5 Å². The van der Waals surface area contributed by atoms with Crippen molar-refractivity contribution in [3.05, 3.63) is 47.3 Å². The Hall–Kier alpha value is -2.31. The van der Waals surface area contributed by atoms with E-state index >= 15 is 0 Å². The molecule has 0 unspecified atom stereocenters. The second-order valence-corrected chi connectivity index (χ2v) is 5.02. The topological polar surface area (TPSA) is 60.9 Å². The maximum Gasteiger partial charge on any atom is 0.435 e. The molecule has 0 saturated heterocycles. The summed E-state index contributed by atoms with van der Waals surface area (Å²) >= 11 is 0. The molecule has 2 N–H and O–H groups in total. The summed E-state index contributed by atoms with van der Waals surface area (Å²) in [5.41, 5.74) is 5.23. The molecule has 0 aliphatic heterocycles. The predicted molar refractivity (Wildman–Crippen MR) is 69.1 cm³/mol. The minimum absolute atomic E-state index is 0.0505. The fourth-order valence-corrected chi connectivity index (χ4v) is 2.26. The van der Waals surface area contributed by atoms with Gasteiger partial charge in [-0.15, -0.1) is 0 Å². The standard InChI is InChI=1S/C14H12F3N3O/c15-14(16,17)12-7-11(8-5-6-8)20(19-12)10-4-2-1-3-9(10)13(18)21/h1-4,7-8H,5-6H2,(H2,18,21). The van der Waals surface area contributed by atoms with Crippen molar-refractivity contribution < 1.29 is 18.0 Å². The van der Waals surface area contributed by atoms with Crippen LogP contribution in [0.4, 0.5) is 13.2 Å². The third-order valence-corrected chi connectivity index (χ3v) is 3.42. The van der Waals surface area contributed by atoms with Gasteiger partial charge in [0, 0.05) is 11.6 Å². The first-order valence-corrected chi connectivity index (χ1v) is 6.44. The number of hydrogen-bond donors (Lipinski definition) is 1. The van der Waals surface area contributed by atoms with Crippen molar-refractivity contribution in [2.75, 3.05) is 0 Å². The Labute approximate surface area is 118 Å². The minimum atomic E-state index is -4.52. The number of alkyl halides is 3. The highest BCUT2D eigenvalue weighted by molar-refractivity contribution is 5.96. The average Bonchev–Trinajstić information content (AvgIpc) is 3.16. The Bertz CT molecular complexity index is 702. The van der Waals surface area contributed by atoms with Gasteiger partial charge in [0.15, 0.2) is 5.69 Å². The molecule has 1 aliphatic carbocycles. The minimum Gasteiger partial charge on any atom is -0.366 e. The van der Waals surface area contributed by atoms with Crippen molar-refractivity contribution in [3.8, 4) is 5.69 Å². The molecule has 1 heterocycles. The molecule has 1 aromatic heterocycles. The van der Waals surface area contributed by atoms with E-state index in [0.717, 1.165) is 18.9 Å². The van der Waals surface area contributed by atoms with Crippen LogP contribution in [0.3, 0.4) is 0 Å². The fraction of sp³-hybridized carbons (Fsp3) is 0.286. The Balaban J connectivity index is 2.18. The van der Waals surface area contributed by atoms with Gasteiger partial charge in [0.1, 0.15) is 0 Å². The van der Waals surface area contributed by atoms with E-state index in [4.69, 9.17) is 5.73 Å². The van der Waals surface area contributed by atoms with Crippen molar-refractivity contribution in [2.45, 2.75) is 24.9 Å². The van der Waals surface area contributed by atoms with E-state index in [0.29, 0.717) is 5.69 Å². The first-order chi connectivity index (χ1) is 9.88. The molecule has 4 nitrogen and oxygen atoms in total. The van der Waals surface area contributed by atoms with Gasteiger partial charge >= 0.3 is 6.18 Å². The predicted octanol–water partition coefficient (Wildman–Crippen LogP) is 2.87. The zero-order chi connectivity index (χ0) is 15.2. The zero-order valence-corrected chi connectivity index (χ0v) is 10.9. The van der Waals surface area contributed by atoms with Crippen LogP contribution in [0.25, 0.3) is 5.69 Å². The van der Waals surface area contributed by atoms with Crippen molar-refractivity contribution in [1.82, 2.24) is 9.78 Å². The van der Waals surface area contributed by atoms with Gasteiger partial charge in [0.2, 0.25) is 0 Å². The van der Waals surface area contributed by atoms with Crippen molar-refractivity contribution in [2.24, 2.45) is 5.73 Å². The van der Waals surface area contributed by atoms with E-state index in [2.05, 4.69) is 5.10 Å². The smallest absolute Gasteiger partial charge is 0.366 e. The summed E-state index contributed by atoms with van der Waals surface area (Å²) in [6.07, 6.45) is -2.87. The summed E-state index contributed by atoms with van der Waals surface area (Å²) in [7, 11) is 0. The Morgan fingerprint density at radius 2 is 1.95 bits per heavy atom. The number of para-hydroxylation sites is 1. The Morgan fingerprint density at radius 1 is 1.29 bits per heavy atom. The van der Waals surface area contributed by atoms with Gasteiger partial charge in [-0.05, 0) is 31.0 Å². The summed E-state index contributed by atoms with van der Waals surface area (Å²) in [5, 5.41) is 3.64. The first-order valence-electron chi connectivity index (χ1n) is 6.44. The van der Waals surface area contributed by atoms with Gasteiger partial charge in [-0.25, -0.2) is 4.68 Å². The molecule has 0 spiro atoms. The molecule has 1 fully saturated rings. The highest BCUT2D eigenvalue weighted by atomic mass is 19.4. The first kappa shape index (κ1) is 13.7. The number of aromatic nitrogens is 2. The quantitative estimate of drug-likeness (QED) is 0.946. The number of carbonyl (C=O) groups is 1. The molecular formula is C14H12F3N3O. The van der Waals surface area contributed by atoms with E-state index in [1.165, 1.54) is 10.7 Å². The molecule has 110 valence electrons. The fourth-order valence-electron chi connectivity index (χ4n) is 2.26. The third-order valence-electron chi connectivity index (χ3n) is 3.42. The molecule has 1 aromatic carbocycles. The lowest BCUT2D eigenvalue weighted by molar-refractivity contribution is -0.141. The Morgan fingerprint density at radius 3 is 2.52 bits per heavy atom. The maximum atomic E-state index is 12.9. The lowest BCUT2D eigenvalue weighted by Gasteiger charge is -2.10. The molecule has 1 saturated carbocycles. The van der Waals surface area contributed by atoms with Crippen LogP contribution < -0.4 is 5.73 Å². The summed E-state index contributed by atoms with van der Waals surface area (Å²) in [6.45, 7) is 0. The van der Waals surface area contributed by atoms with E-state index in [1.807, 2.05) is 0 Å². The van der Waals surface area contributed by atoms with E-state index in [1.54, 1.807) is 18.2 Å². The van der Waals surface area contributed by atoms with Crippen LogP contribution in [-0.2, 0) is 6.18 Å². The third kappa shape index (κ3) is 2.51. The second kappa shape index (κ2) is 4.61. The number of nitrogens with two attached hydrogens (primary N) is 1. The van der Waals surface area contributed by atoms with Gasteiger partial charge in [-0.3, -0.25) is 4.79 Å². The second-order valence-electron chi connectivity index (χ2n) is 5.02. The molecule has 7 heteroatoms. The van der Waals surface area contributed by atoms with Crippen LogP contribution in [0.2, 0.25) is 0 Å². The van der Waals surface area contributed by atoms with Crippen LogP contribution in [0, 0.1) is 0 Å². The van der Waals surface area contributed by atoms with Crippen LogP contribution in [0.5, 0.6) is 0 Å². The molecule has 0 radical (unpaired) electrons. The van der Waals surface area contributed by atoms with E-state index in [9.17, 15) is 18.0 Å². The summed E-state index contributed by atoms with van der Waals surface area (Å²) in [6, 6.07) is 7.31. The summed E-state index contributed by atoms with van der Waals surface area (Å²) < 4.78 is 39.8. The van der Waals surface area contributed by atoms with Crippen molar-refractivity contribution >= 4 is 5.91 Å². The van der Waals surface area contributed by atoms with Crippen molar-refractivity contribution in [3.63, 3.8) is 0 Å². The average molecular weight is 295 g/mol. The summed E-state index contributed by atoms with van der Waals surface area (Å²) in [4.78, 5) is 11.5. The molecule has 0 atom stereocenters. The molecule has 21 heavy (non-hydrogen) atoms. The molecule has 0 bridgehead atoms. The molecule has 1 amide bonds. The molecule has 1 aliphatic rings. The van der Waals surface area contributed by atoms with Crippen molar-refractivity contribution in [1.29, 1.82) is 0 Å². The Kier molecular flexibility index (Phi) is 3.00. The number of amides is 1. The number of benzene rings is 1. The van der Waals surface area contributed by atoms with Gasteiger partial charge in [0.25, 0.3) is 5.91 Å². The van der Waals surface area contributed by atoms with Gasteiger partial charge < -0.3 is 5.73 Å². The lowest BCUT2D eigenvalue weighted by Crippen LogP contribution is -2.16. The normalized spacial score (nSPS) is 15.2. The number of rotatable bonds is 3. The molecular weight excluding hydrogens is 283 g/mol. The monoisotopic (exact) mass is 295 g/mol. The summed E-state index contributed by atoms with van der Waals surface area (Å²) in [5.74, 6) is -0.647. The number of halogens is 3. The van der Waals surface area contributed by atoms with E-state index in [-0.39, 0.29) is 17.2 Å². The molecule has 3 rings (SSSR count). The van der Waals surface area contributed by atoms with E-state index < -0.39 is 17.8 Å². The number of primary amides is 1. The van der Waals surface area contributed by atoms with Crippen LogP contribution >= 0.6 is 0 Å². The maximum absolute atomic E-state index is 12.9. The molecule has 2 aromatic rings. The van der Waals surface area contributed by atoms with Crippen LogP contribution in [-0.4, -0.2) is 15.7 Å². The highest BCUT2D eigenvalue weighted by Crippen LogP contribution is 2.43. The number of hydrogen-bond acceptors (Lipinski definition) is 2. The van der Waals surface area contributed by atoms with Crippen LogP contribution in [0.15, 0.2) is 30.3 Å². The lowest BCUT2D eigenvalue weighted by atomic mass is 10.1. The highest BCUT2D eigenvalue weighted by Gasteiger charge is 2.38. The SMILES string of the molecule is NC(=O)c1ccccc1-n1nc(C(F)(F)F)cc1C1CC1. The number of carbonyl (C=O) groups excluding carboxylic acids is 1.